The molecule has 2 amide bonds. The Morgan fingerprint density at radius 2 is 2.05 bits per heavy atom. The van der Waals surface area contributed by atoms with Crippen LogP contribution in [0.3, 0.4) is 0 Å². The lowest BCUT2D eigenvalue weighted by molar-refractivity contribution is 0.192. The molecule has 1 fully saturated rings. The van der Waals surface area contributed by atoms with E-state index in [-0.39, 0.29) is 6.03 Å². The molecule has 1 aromatic rings. The molecule has 0 radical (unpaired) electrons. The van der Waals surface area contributed by atoms with Crippen LogP contribution in [0.1, 0.15) is 31.4 Å². The lowest BCUT2D eigenvalue weighted by Gasteiger charge is -2.26. The minimum atomic E-state index is -0.000911. The second kappa shape index (κ2) is 7.81. The van der Waals surface area contributed by atoms with E-state index in [1.54, 1.807) is 12.1 Å². The summed E-state index contributed by atoms with van der Waals surface area (Å²) in [5.41, 5.74) is 1.64. The molecule has 1 N–H and O–H groups in total. The van der Waals surface area contributed by atoms with Crippen LogP contribution in [0.2, 0.25) is 0 Å². The highest BCUT2D eigenvalue weighted by Gasteiger charge is 2.28. The average Bonchev–Trinajstić information content (AvgIpc) is 3.04. The van der Waals surface area contributed by atoms with Crippen LogP contribution >= 0.6 is 0 Å². The second-order valence-electron chi connectivity index (χ2n) is 5.58. The summed E-state index contributed by atoms with van der Waals surface area (Å²) in [5.74, 6) is 0. The maximum Gasteiger partial charge on any atom is 0.317 e. The Labute approximate surface area is 132 Å². The van der Waals surface area contributed by atoms with Crippen molar-refractivity contribution in [3.05, 3.63) is 35.4 Å². The first-order chi connectivity index (χ1) is 10.7. The minimum Gasteiger partial charge on any atom is -0.334 e. The van der Waals surface area contributed by atoms with E-state index in [4.69, 9.17) is 5.26 Å². The number of nitrogens with zero attached hydrogens (tertiary/aromatic N) is 3. The van der Waals surface area contributed by atoms with Crippen LogP contribution in [0, 0.1) is 11.3 Å². The van der Waals surface area contributed by atoms with E-state index in [1.165, 1.54) is 0 Å². The summed E-state index contributed by atoms with van der Waals surface area (Å²) in [6, 6.07) is 9.87. The van der Waals surface area contributed by atoms with Gasteiger partial charge >= 0.3 is 6.03 Å². The van der Waals surface area contributed by atoms with Crippen LogP contribution in [-0.4, -0.2) is 48.1 Å². The number of nitrogens with one attached hydrogen (secondary N) is 1. The molecule has 0 saturated carbocycles. The first-order valence-corrected chi connectivity index (χ1v) is 7.93. The van der Waals surface area contributed by atoms with Crippen molar-refractivity contribution >= 4 is 6.03 Å². The number of likely N-dealkylation sites (N-methyl/N-ethyl adjacent to an activating group) is 1. The van der Waals surface area contributed by atoms with Crippen molar-refractivity contribution in [2.45, 2.75) is 32.9 Å². The van der Waals surface area contributed by atoms with E-state index < -0.39 is 0 Å². The standard InChI is InChI=1S/C17H24N4O/c1-3-20(4-2)16-9-10-21(13-16)17(22)19-12-15-7-5-14(11-18)6-8-15/h5-8,16H,3-4,9-10,12-13H2,1-2H3,(H,19,22). The fourth-order valence-corrected chi connectivity index (χ4v) is 2.95. The first kappa shape index (κ1) is 16.3. The van der Waals surface area contributed by atoms with Gasteiger partial charge in [0.25, 0.3) is 0 Å². The molecule has 0 spiro atoms. The summed E-state index contributed by atoms with van der Waals surface area (Å²) >= 11 is 0. The number of urea groups is 1. The van der Waals surface area contributed by atoms with Gasteiger partial charge in [0.15, 0.2) is 0 Å². The number of carbonyl (C=O) groups is 1. The summed E-state index contributed by atoms with van der Waals surface area (Å²) in [5, 5.41) is 11.7. The molecule has 1 saturated heterocycles. The highest BCUT2D eigenvalue weighted by atomic mass is 16.2. The zero-order chi connectivity index (χ0) is 15.9. The van der Waals surface area contributed by atoms with Gasteiger partial charge in [0.2, 0.25) is 0 Å². The summed E-state index contributed by atoms with van der Waals surface area (Å²) in [7, 11) is 0. The molecule has 0 aliphatic carbocycles. The summed E-state index contributed by atoms with van der Waals surface area (Å²) in [6.45, 7) is 8.51. The van der Waals surface area contributed by atoms with Crippen LogP contribution in [-0.2, 0) is 6.54 Å². The monoisotopic (exact) mass is 300 g/mol. The van der Waals surface area contributed by atoms with Gasteiger partial charge in [-0.2, -0.15) is 5.26 Å². The Morgan fingerprint density at radius 1 is 1.36 bits per heavy atom. The van der Waals surface area contributed by atoms with Gasteiger partial charge in [0.05, 0.1) is 11.6 Å². The Morgan fingerprint density at radius 3 is 2.64 bits per heavy atom. The summed E-state index contributed by atoms with van der Waals surface area (Å²) in [6.07, 6.45) is 1.05. The normalized spacial score (nSPS) is 17.5. The molecule has 0 aromatic heterocycles. The van der Waals surface area contributed by atoms with Crippen molar-refractivity contribution in [1.82, 2.24) is 15.1 Å². The van der Waals surface area contributed by atoms with Crippen LogP contribution < -0.4 is 5.32 Å². The molecule has 22 heavy (non-hydrogen) atoms. The van der Waals surface area contributed by atoms with Gasteiger partial charge in [0, 0.05) is 25.7 Å². The van der Waals surface area contributed by atoms with Crippen molar-refractivity contribution < 1.29 is 4.79 Å². The van der Waals surface area contributed by atoms with Crippen molar-refractivity contribution in [1.29, 1.82) is 5.26 Å². The number of benzene rings is 1. The average molecular weight is 300 g/mol. The molecule has 0 bridgehead atoms. The lowest BCUT2D eigenvalue weighted by atomic mass is 10.1. The SMILES string of the molecule is CCN(CC)C1CCN(C(=O)NCc2ccc(C#N)cc2)C1. The minimum absolute atomic E-state index is 0.000911. The Kier molecular flexibility index (Phi) is 5.79. The molecule has 1 atom stereocenters. The molecule has 1 aliphatic rings. The smallest absolute Gasteiger partial charge is 0.317 e. The summed E-state index contributed by atoms with van der Waals surface area (Å²) in [4.78, 5) is 16.5. The number of amides is 2. The van der Waals surface area contributed by atoms with Crippen LogP contribution in [0.4, 0.5) is 4.79 Å². The van der Waals surface area contributed by atoms with Crippen molar-refractivity contribution in [3.8, 4) is 6.07 Å². The Hall–Kier alpha value is -2.06. The van der Waals surface area contributed by atoms with Gasteiger partial charge in [0.1, 0.15) is 0 Å². The molecule has 1 unspecified atom stereocenters. The van der Waals surface area contributed by atoms with Crippen molar-refractivity contribution in [3.63, 3.8) is 0 Å². The van der Waals surface area contributed by atoms with Gasteiger partial charge in [-0.05, 0) is 37.2 Å². The number of hydrogen-bond donors (Lipinski definition) is 1. The van der Waals surface area contributed by atoms with Crippen LogP contribution in [0.25, 0.3) is 0 Å². The molecular weight excluding hydrogens is 276 g/mol. The Balaban J connectivity index is 1.81. The quantitative estimate of drug-likeness (QED) is 0.906. The van der Waals surface area contributed by atoms with E-state index in [1.807, 2.05) is 17.0 Å². The Bertz CT molecular complexity index is 531. The number of hydrogen-bond acceptors (Lipinski definition) is 3. The van der Waals surface area contributed by atoms with E-state index >= 15 is 0 Å². The third kappa shape index (κ3) is 3.99. The molecule has 5 nitrogen and oxygen atoms in total. The van der Waals surface area contributed by atoms with E-state index in [0.29, 0.717) is 18.2 Å². The zero-order valence-electron chi connectivity index (χ0n) is 13.4. The van der Waals surface area contributed by atoms with Gasteiger partial charge in [-0.15, -0.1) is 0 Å². The second-order valence-corrected chi connectivity index (χ2v) is 5.58. The predicted molar refractivity (Wildman–Crippen MR) is 86.3 cm³/mol. The molecular formula is C17H24N4O. The highest BCUT2D eigenvalue weighted by molar-refractivity contribution is 5.74. The predicted octanol–water partition coefficient (Wildman–Crippen LogP) is 2.18. The topological polar surface area (TPSA) is 59.4 Å². The van der Waals surface area contributed by atoms with E-state index in [0.717, 1.165) is 38.2 Å². The number of likely N-dealkylation sites (tertiary alicyclic amines) is 1. The third-order valence-corrected chi connectivity index (χ3v) is 4.31. The highest BCUT2D eigenvalue weighted by Crippen LogP contribution is 2.15. The van der Waals surface area contributed by atoms with Gasteiger partial charge in [-0.25, -0.2) is 4.79 Å². The van der Waals surface area contributed by atoms with Gasteiger partial charge < -0.3 is 10.2 Å². The van der Waals surface area contributed by atoms with Gasteiger partial charge in [-0.3, -0.25) is 4.90 Å². The number of carbonyl (C=O) groups excluding carboxylic acids is 1. The maximum atomic E-state index is 12.2. The third-order valence-electron chi connectivity index (χ3n) is 4.31. The van der Waals surface area contributed by atoms with Crippen LogP contribution in [0.5, 0.6) is 0 Å². The molecule has 118 valence electrons. The lowest BCUT2D eigenvalue weighted by Crippen LogP contribution is -2.42. The molecule has 1 aliphatic heterocycles. The van der Waals surface area contributed by atoms with Crippen LogP contribution in [0.15, 0.2) is 24.3 Å². The first-order valence-electron chi connectivity index (χ1n) is 7.93. The van der Waals surface area contributed by atoms with E-state index in [2.05, 4.69) is 30.1 Å². The molecule has 1 heterocycles. The fourth-order valence-electron chi connectivity index (χ4n) is 2.95. The molecule has 1 aromatic carbocycles. The number of rotatable bonds is 5. The summed E-state index contributed by atoms with van der Waals surface area (Å²) < 4.78 is 0. The van der Waals surface area contributed by atoms with Crippen molar-refractivity contribution in [2.24, 2.45) is 0 Å². The van der Waals surface area contributed by atoms with Gasteiger partial charge in [-0.1, -0.05) is 26.0 Å². The fraction of sp³-hybridized carbons (Fsp3) is 0.529. The molecule has 2 rings (SSSR count). The molecule has 5 heteroatoms. The van der Waals surface area contributed by atoms with Crippen molar-refractivity contribution in [2.75, 3.05) is 26.2 Å². The number of nitriles is 1. The van der Waals surface area contributed by atoms with E-state index in [9.17, 15) is 4.79 Å². The largest absolute Gasteiger partial charge is 0.334 e. The maximum absolute atomic E-state index is 12.2. The zero-order valence-corrected chi connectivity index (χ0v) is 13.4.